The molecule has 0 spiro atoms. The average Bonchev–Trinajstić information content (AvgIpc) is 2.53. The van der Waals surface area contributed by atoms with Crippen LogP contribution in [-0.2, 0) is 25.0 Å². The van der Waals surface area contributed by atoms with Crippen LogP contribution < -0.4 is 0 Å². The summed E-state index contributed by atoms with van der Waals surface area (Å²) in [6.07, 6.45) is 0.102. The van der Waals surface area contributed by atoms with Gasteiger partial charge in [0.05, 0.1) is 13.2 Å². The van der Waals surface area contributed by atoms with Gasteiger partial charge in [-0.25, -0.2) is 4.79 Å². The van der Waals surface area contributed by atoms with Gasteiger partial charge in [-0.1, -0.05) is 37.3 Å². The van der Waals surface area contributed by atoms with Gasteiger partial charge in [-0.3, -0.25) is 9.46 Å². The lowest BCUT2D eigenvalue weighted by Crippen LogP contribution is -2.33. The van der Waals surface area contributed by atoms with Gasteiger partial charge >= 0.3 is 13.7 Å². The normalized spacial score (nSPS) is 11.3. The lowest BCUT2D eigenvalue weighted by molar-refractivity contribution is 0.0972. The van der Waals surface area contributed by atoms with Crippen molar-refractivity contribution in [3.05, 3.63) is 35.9 Å². The molecule has 0 radical (unpaired) electrons. The second-order valence-corrected chi connectivity index (χ2v) is 6.91. The quantitative estimate of drug-likeness (QED) is 0.594. The summed E-state index contributed by atoms with van der Waals surface area (Å²) < 4.78 is 28.4. The number of nitrogens with zero attached hydrogens (tertiary/aromatic N) is 1. The maximum Gasteiger partial charge on any atom is 0.410 e. The molecule has 6 nitrogen and oxygen atoms in total. The molecule has 1 rings (SSSR count). The highest BCUT2D eigenvalue weighted by Crippen LogP contribution is 2.48. The van der Waals surface area contributed by atoms with E-state index in [-0.39, 0.29) is 26.1 Å². The fourth-order valence-corrected chi connectivity index (χ4v) is 3.72. The van der Waals surface area contributed by atoms with Gasteiger partial charge in [0.2, 0.25) is 0 Å². The topological polar surface area (TPSA) is 65.1 Å². The van der Waals surface area contributed by atoms with E-state index in [4.69, 9.17) is 13.8 Å². The molecule has 0 aliphatic heterocycles. The predicted molar refractivity (Wildman–Crippen MR) is 89.3 cm³/mol. The maximum atomic E-state index is 12.6. The summed E-state index contributed by atoms with van der Waals surface area (Å²) in [5.41, 5.74) is 0.898. The molecule has 1 aromatic carbocycles. The number of hydrogen-bond acceptors (Lipinski definition) is 5. The van der Waals surface area contributed by atoms with E-state index < -0.39 is 13.7 Å². The minimum atomic E-state index is -3.33. The van der Waals surface area contributed by atoms with E-state index in [0.717, 1.165) is 12.0 Å². The molecule has 7 heteroatoms. The molecule has 0 aliphatic rings. The second kappa shape index (κ2) is 10.4. The predicted octanol–water partition coefficient (Wildman–Crippen LogP) is 4.26. The number of hydrogen-bond donors (Lipinski definition) is 0. The highest BCUT2D eigenvalue weighted by Gasteiger charge is 2.30. The summed E-state index contributed by atoms with van der Waals surface area (Å²) in [7, 11) is -3.33. The fraction of sp³-hybridized carbons (Fsp3) is 0.562. The van der Waals surface area contributed by atoms with Crippen molar-refractivity contribution in [2.24, 2.45) is 0 Å². The average molecular weight is 343 g/mol. The van der Waals surface area contributed by atoms with Gasteiger partial charge in [-0.05, 0) is 25.8 Å². The zero-order valence-corrected chi connectivity index (χ0v) is 15.0. The lowest BCUT2D eigenvalue weighted by Gasteiger charge is -2.26. The molecule has 0 aromatic heterocycles. The molecular formula is C16H26NO5P. The van der Waals surface area contributed by atoms with Crippen molar-refractivity contribution in [1.29, 1.82) is 0 Å². The Morgan fingerprint density at radius 2 is 1.70 bits per heavy atom. The van der Waals surface area contributed by atoms with E-state index in [1.165, 1.54) is 4.90 Å². The van der Waals surface area contributed by atoms with Crippen LogP contribution in [0.15, 0.2) is 30.3 Å². The SMILES string of the molecule is CCCN(CP(=O)(OCC)OCC)C(=O)OCc1ccccc1. The molecule has 1 amide bonds. The van der Waals surface area contributed by atoms with E-state index in [1.807, 2.05) is 37.3 Å². The molecule has 0 saturated carbocycles. The highest BCUT2D eigenvalue weighted by molar-refractivity contribution is 7.53. The molecule has 0 saturated heterocycles. The first kappa shape index (κ1) is 19.7. The molecule has 23 heavy (non-hydrogen) atoms. The first-order valence-corrected chi connectivity index (χ1v) is 9.61. The van der Waals surface area contributed by atoms with Gasteiger partial charge in [0, 0.05) is 6.54 Å². The van der Waals surface area contributed by atoms with Crippen LogP contribution in [0.25, 0.3) is 0 Å². The van der Waals surface area contributed by atoms with E-state index in [1.54, 1.807) is 13.8 Å². The van der Waals surface area contributed by atoms with E-state index in [0.29, 0.717) is 6.54 Å². The summed E-state index contributed by atoms with van der Waals surface area (Å²) in [4.78, 5) is 13.6. The summed E-state index contributed by atoms with van der Waals surface area (Å²) >= 11 is 0. The summed E-state index contributed by atoms with van der Waals surface area (Å²) in [5.74, 6) is 0. The third-order valence-electron chi connectivity index (χ3n) is 2.95. The van der Waals surface area contributed by atoms with Crippen LogP contribution in [0.4, 0.5) is 4.79 Å². The van der Waals surface area contributed by atoms with E-state index in [9.17, 15) is 9.36 Å². The van der Waals surface area contributed by atoms with Crippen LogP contribution in [0.1, 0.15) is 32.8 Å². The highest BCUT2D eigenvalue weighted by atomic mass is 31.2. The summed E-state index contributed by atoms with van der Waals surface area (Å²) in [5, 5.41) is 0. The molecule has 0 atom stereocenters. The Morgan fingerprint density at radius 1 is 1.09 bits per heavy atom. The first-order valence-electron chi connectivity index (χ1n) is 7.88. The van der Waals surface area contributed by atoms with Gasteiger partial charge in [0.25, 0.3) is 0 Å². The fourth-order valence-electron chi connectivity index (χ4n) is 2.02. The molecule has 0 heterocycles. The maximum absolute atomic E-state index is 12.6. The number of ether oxygens (including phenoxy) is 1. The van der Waals surface area contributed by atoms with Crippen molar-refractivity contribution in [3.8, 4) is 0 Å². The Kier molecular flexibility index (Phi) is 8.92. The van der Waals surface area contributed by atoms with Gasteiger partial charge in [0.15, 0.2) is 0 Å². The van der Waals surface area contributed by atoms with Crippen LogP contribution >= 0.6 is 7.60 Å². The summed E-state index contributed by atoms with van der Waals surface area (Å²) in [6.45, 7) is 6.54. The Balaban J connectivity index is 2.68. The number of carbonyl (C=O) groups is 1. The largest absolute Gasteiger partial charge is 0.445 e. The third kappa shape index (κ3) is 7.16. The van der Waals surface area contributed by atoms with Crippen LogP contribution in [0.3, 0.4) is 0 Å². The number of benzene rings is 1. The Bertz CT molecular complexity index is 498. The smallest absolute Gasteiger partial charge is 0.410 e. The van der Waals surface area contributed by atoms with Gasteiger partial charge in [-0.15, -0.1) is 0 Å². The van der Waals surface area contributed by atoms with Gasteiger partial charge < -0.3 is 13.8 Å². The zero-order valence-electron chi connectivity index (χ0n) is 14.1. The van der Waals surface area contributed by atoms with Crippen LogP contribution in [0.2, 0.25) is 0 Å². The first-order chi connectivity index (χ1) is 11.0. The molecule has 0 N–H and O–H groups in total. The van der Waals surface area contributed by atoms with Crippen molar-refractivity contribution >= 4 is 13.7 Å². The number of amides is 1. The second-order valence-electron chi connectivity index (χ2n) is 4.89. The standard InChI is InChI=1S/C16H26NO5P/c1-4-12-17(14-23(19,21-5-2)22-6-3)16(18)20-13-15-10-8-7-9-11-15/h7-11H,4-6,12-14H2,1-3H3. The molecular weight excluding hydrogens is 317 g/mol. The molecule has 0 fully saturated rings. The molecule has 0 bridgehead atoms. The van der Waals surface area contributed by atoms with Crippen LogP contribution in [0.5, 0.6) is 0 Å². The zero-order chi connectivity index (χ0) is 17.1. The van der Waals surface area contributed by atoms with E-state index in [2.05, 4.69) is 0 Å². The van der Waals surface area contributed by atoms with E-state index >= 15 is 0 Å². The van der Waals surface area contributed by atoms with Crippen molar-refractivity contribution in [1.82, 2.24) is 4.90 Å². The number of carbonyl (C=O) groups excluding carboxylic acids is 1. The molecule has 1 aromatic rings. The van der Waals surface area contributed by atoms with Crippen molar-refractivity contribution in [2.75, 3.05) is 26.0 Å². The minimum Gasteiger partial charge on any atom is -0.445 e. The van der Waals surface area contributed by atoms with Gasteiger partial charge in [-0.2, -0.15) is 0 Å². The van der Waals surface area contributed by atoms with Crippen LogP contribution in [0, 0.1) is 0 Å². The molecule has 0 unspecified atom stereocenters. The monoisotopic (exact) mass is 343 g/mol. The molecule has 130 valence electrons. The molecule has 0 aliphatic carbocycles. The summed E-state index contributed by atoms with van der Waals surface area (Å²) in [6, 6.07) is 9.41. The Labute approximate surface area is 138 Å². The lowest BCUT2D eigenvalue weighted by atomic mass is 10.2. The van der Waals surface area contributed by atoms with Crippen molar-refractivity contribution < 1.29 is 23.1 Å². The van der Waals surface area contributed by atoms with Crippen LogP contribution in [-0.4, -0.2) is 37.0 Å². The Morgan fingerprint density at radius 3 is 2.22 bits per heavy atom. The van der Waals surface area contributed by atoms with Crippen molar-refractivity contribution in [2.45, 2.75) is 33.8 Å². The minimum absolute atomic E-state index is 0.101. The Hall–Kier alpha value is -1.36. The van der Waals surface area contributed by atoms with Crippen molar-refractivity contribution in [3.63, 3.8) is 0 Å². The third-order valence-corrected chi connectivity index (χ3v) is 4.94. The number of rotatable bonds is 10. The van der Waals surface area contributed by atoms with Gasteiger partial charge in [0.1, 0.15) is 12.9 Å².